The Morgan fingerprint density at radius 2 is 1.90 bits per heavy atom. The van der Waals surface area contributed by atoms with Crippen LogP contribution in [0.5, 0.6) is 11.5 Å². The Labute approximate surface area is 177 Å². The minimum absolute atomic E-state index is 0.158. The summed E-state index contributed by atoms with van der Waals surface area (Å²) in [5.41, 5.74) is 0.453. The number of carbonyl (C=O) groups is 4. The lowest BCUT2D eigenvalue weighted by molar-refractivity contribution is -0.143. The molecule has 0 aromatic heterocycles. The van der Waals surface area contributed by atoms with E-state index in [-0.39, 0.29) is 29.7 Å². The number of ether oxygens (including phenoxy) is 3. The number of thioether (sulfide) groups is 1. The summed E-state index contributed by atoms with van der Waals surface area (Å²) in [6, 6.07) is 5.00. The van der Waals surface area contributed by atoms with Crippen molar-refractivity contribution in [3.05, 3.63) is 28.7 Å². The second kappa shape index (κ2) is 9.66. The van der Waals surface area contributed by atoms with E-state index in [9.17, 15) is 19.2 Å². The third-order valence-corrected chi connectivity index (χ3v) is 5.61. The first-order valence-electron chi connectivity index (χ1n) is 9.34. The molecule has 2 aliphatic rings. The fourth-order valence-corrected chi connectivity index (χ4v) is 3.96. The number of amides is 3. The van der Waals surface area contributed by atoms with Gasteiger partial charge in [0.05, 0.1) is 19.1 Å². The van der Waals surface area contributed by atoms with Gasteiger partial charge in [0.1, 0.15) is 6.54 Å². The largest absolute Gasteiger partial charge is 0.493 e. The summed E-state index contributed by atoms with van der Waals surface area (Å²) in [6.07, 6.45) is 3.34. The van der Waals surface area contributed by atoms with E-state index in [1.165, 1.54) is 20.3 Å². The number of hydrogen-bond donors (Lipinski definition) is 0. The highest BCUT2D eigenvalue weighted by Gasteiger charge is 2.37. The van der Waals surface area contributed by atoms with Gasteiger partial charge in [-0.05, 0) is 36.7 Å². The van der Waals surface area contributed by atoms with Crippen molar-refractivity contribution < 1.29 is 33.4 Å². The van der Waals surface area contributed by atoms with Gasteiger partial charge in [-0.2, -0.15) is 0 Å². The van der Waals surface area contributed by atoms with Crippen molar-refractivity contribution in [1.82, 2.24) is 9.80 Å². The van der Waals surface area contributed by atoms with Gasteiger partial charge in [-0.1, -0.05) is 12.1 Å². The predicted molar refractivity (Wildman–Crippen MR) is 109 cm³/mol. The van der Waals surface area contributed by atoms with E-state index in [1.807, 2.05) is 0 Å². The summed E-state index contributed by atoms with van der Waals surface area (Å²) in [7, 11) is 2.69. The molecule has 2 heterocycles. The van der Waals surface area contributed by atoms with E-state index < -0.39 is 17.1 Å². The number of esters is 1. The molecule has 9 nitrogen and oxygen atoms in total. The van der Waals surface area contributed by atoms with Gasteiger partial charge < -0.3 is 19.1 Å². The zero-order chi connectivity index (χ0) is 21.7. The van der Waals surface area contributed by atoms with Crippen LogP contribution in [0.2, 0.25) is 0 Å². The van der Waals surface area contributed by atoms with Gasteiger partial charge in [-0.3, -0.25) is 19.3 Å². The average molecular weight is 434 g/mol. The highest BCUT2D eigenvalue weighted by atomic mass is 32.2. The van der Waals surface area contributed by atoms with Crippen LogP contribution in [0.25, 0.3) is 6.08 Å². The number of imide groups is 1. The van der Waals surface area contributed by atoms with Gasteiger partial charge in [-0.15, -0.1) is 0 Å². The Morgan fingerprint density at radius 3 is 2.57 bits per heavy atom. The van der Waals surface area contributed by atoms with Crippen molar-refractivity contribution >= 4 is 40.9 Å². The maximum Gasteiger partial charge on any atom is 0.343 e. The Morgan fingerprint density at radius 1 is 1.17 bits per heavy atom. The summed E-state index contributed by atoms with van der Waals surface area (Å²) in [5, 5.41) is -0.501. The first-order valence-corrected chi connectivity index (χ1v) is 10.2. The van der Waals surface area contributed by atoms with E-state index in [2.05, 4.69) is 4.74 Å². The van der Waals surface area contributed by atoms with E-state index in [0.717, 1.165) is 29.5 Å². The van der Waals surface area contributed by atoms with Crippen LogP contribution in [-0.4, -0.2) is 73.3 Å². The Kier molecular flexibility index (Phi) is 6.99. The van der Waals surface area contributed by atoms with Crippen LogP contribution in [0, 0.1) is 0 Å². The normalized spacial score (nSPS) is 17.6. The zero-order valence-corrected chi connectivity index (χ0v) is 17.5. The van der Waals surface area contributed by atoms with Crippen LogP contribution < -0.4 is 9.47 Å². The number of carbonyl (C=O) groups excluding carboxylic acids is 4. The number of nitrogens with zero attached hydrogens (tertiary/aromatic N) is 2. The Hall–Kier alpha value is -3.01. The molecule has 0 aliphatic carbocycles. The molecule has 160 valence electrons. The van der Waals surface area contributed by atoms with Crippen molar-refractivity contribution in [2.75, 3.05) is 40.5 Å². The summed E-state index contributed by atoms with van der Waals surface area (Å²) < 4.78 is 15.4. The van der Waals surface area contributed by atoms with E-state index >= 15 is 0 Å². The van der Waals surface area contributed by atoms with Gasteiger partial charge in [0.2, 0.25) is 5.91 Å². The number of rotatable bonds is 7. The molecule has 0 spiro atoms. The van der Waals surface area contributed by atoms with Crippen LogP contribution in [0.1, 0.15) is 18.4 Å². The summed E-state index contributed by atoms with van der Waals surface area (Å²) in [5.74, 6) is -0.757. The lowest BCUT2D eigenvalue weighted by atomic mass is 10.1. The highest BCUT2D eigenvalue weighted by Crippen LogP contribution is 2.37. The molecule has 0 unspecified atom stereocenters. The van der Waals surface area contributed by atoms with Gasteiger partial charge in [0.25, 0.3) is 11.1 Å². The Balaban J connectivity index is 1.80. The van der Waals surface area contributed by atoms with Crippen LogP contribution in [0.15, 0.2) is 23.1 Å². The minimum Gasteiger partial charge on any atom is -0.493 e. The molecule has 10 heteroatoms. The number of para-hydroxylation sites is 1. The first kappa shape index (κ1) is 21.7. The maximum atomic E-state index is 12.7. The molecule has 1 aromatic carbocycles. The van der Waals surface area contributed by atoms with Gasteiger partial charge >= 0.3 is 5.97 Å². The fraction of sp³-hybridized carbons (Fsp3) is 0.400. The third kappa shape index (κ3) is 4.76. The maximum absolute atomic E-state index is 12.7. The molecule has 0 bridgehead atoms. The Bertz CT molecular complexity index is 893. The molecule has 0 radical (unpaired) electrons. The number of benzene rings is 1. The average Bonchev–Trinajstić information content (AvgIpc) is 3.37. The molecule has 1 aromatic rings. The summed E-state index contributed by atoms with van der Waals surface area (Å²) in [6.45, 7) is 0.681. The first-order chi connectivity index (χ1) is 14.4. The number of hydrogen-bond acceptors (Lipinski definition) is 8. The molecule has 0 saturated carbocycles. The topological polar surface area (TPSA) is 102 Å². The standard InChI is InChI=1S/C20H22N2O7S/c1-27-14-7-5-6-13(18(14)29-12-17(24)28-2)10-15-19(25)22(20(26)30-15)11-16(23)21-8-3-4-9-21/h5-7,10H,3-4,8-9,11-12H2,1-2H3/b15-10+. The van der Waals surface area contributed by atoms with E-state index in [0.29, 0.717) is 24.4 Å². The van der Waals surface area contributed by atoms with E-state index in [1.54, 1.807) is 23.1 Å². The van der Waals surface area contributed by atoms with Crippen LogP contribution in [0.4, 0.5) is 4.79 Å². The smallest absolute Gasteiger partial charge is 0.343 e. The van der Waals surface area contributed by atoms with Gasteiger partial charge in [-0.25, -0.2) is 4.79 Å². The molecule has 30 heavy (non-hydrogen) atoms. The quantitative estimate of drug-likeness (QED) is 0.474. The monoisotopic (exact) mass is 434 g/mol. The molecule has 0 N–H and O–H groups in total. The molecule has 0 atom stereocenters. The second-order valence-corrected chi connectivity index (χ2v) is 7.59. The van der Waals surface area contributed by atoms with Crippen LogP contribution in [-0.2, 0) is 19.1 Å². The summed E-state index contributed by atoms with van der Waals surface area (Å²) >= 11 is 0.752. The SMILES string of the molecule is COC(=O)COc1c(/C=C2/SC(=O)N(CC(=O)N3CCCC3)C2=O)cccc1OC. The highest BCUT2D eigenvalue weighted by molar-refractivity contribution is 8.18. The summed E-state index contributed by atoms with van der Waals surface area (Å²) in [4.78, 5) is 51.6. The number of likely N-dealkylation sites (tertiary alicyclic amines) is 1. The van der Waals surface area contributed by atoms with Crippen molar-refractivity contribution in [3.63, 3.8) is 0 Å². The molecule has 3 rings (SSSR count). The zero-order valence-electron chi connectivity index (χ0n) is 16.7. The van der Waals surface area contributed by atoms with E-state index in [4.69, 9.17) is 9.47 Å². The van der Waals surface area contributed by atoms with Gasteiger partial charge in [0.15, 0.2) is 18.1 Å². The lowest BCUT2D eigenvalue weighted by Crippen LogP contribution is -2.40. The third-order valence-electron chi connectivity index (χ3n) is 4.70. The number of methoxy groups -OCH3 is 2. The molecule has 2 saturated heterocycles. The molecule has 2 fully saturated rings. The second-order valence-electron chi connectivity index (χ2n) is 6.60. The molecular weight excluding hydrogens is 412 g/mol. The van der Waals surface area contributed by atoms with Gasteiger partial charge in [0, 0.05) is 18.7 Å². The minimum atomic E-state index is -0.576. The molecule has 3 amide bonds. The lowest BCUT2D eigenvalue weighted by Gasteiger charge is -2.18. The van der Waals surface area contributed by atoms with Crippen molar-refractivity contribution in [2.24, 2.45) is 0 Å². The van der Waals surface area contributed by atoms with Crippen molar-refractivity contribution in [1.29, 1.82) is 0 Å². The van der Waals surface area contributed by atoms with Crippen molar-refractivity contribution in [3.8, 4) is 11.5 Å². The predicted octanol–water partition coefficient (Wildman–Crippen LogP) is 1.91. The molecule has 2 aliphatic heterocycles. The van der Waals surface area contributed by atoms with Crippen molar-refractivity contribution in [2.45, 2.75) is 12.8 Å². The van der Waals surface area contributed by atoms with Crippen LogP contribution in [0.3, 0.4) is 0 Å². The molecular formula is C20H22N2O7S. The fourth-order valence-electron chi connectivity index (χ4n) is 3.13. The van der Waals surface area contributed by atoms with Crippen LogP contribution >= 0.6 is 11.8 Å².